The number of carbonyl (C=O) groups is 3. The zero-order valence-electron chi connectivity index (χ0n) is 12.8. The lowest BCUT2D eigenvalue weighted by atomic mass is 10.0. The summed E-state index contributed by atoms with van der Waals surface area (Å²) >= 11 is 0. The van der Waals surface area contributed by atoms with E-state index in [1.54, 1.807) is 0 Å². The molecule has 0 aromatic heterocycles. The highest BCUT2D eigenvalue weighted by Crippen LogP contribution is 2.36. The molecule has 0 aliphatic carbocycles. The summed E-state index contributed by atoms with van der Waals surface area (Å²) in [6.45, 7) is 1.10. The number of aldehydes is 1. The average Bonchev–Trinajstić information content (AvgIpc) is 2.45. The number of aliphatic hydroxyl groups is 2. The number of rotatable bonds is 11. The van der Waals surface area contributed by atoms with E-state index >= 15 is 0 Å². The van der Waals surface area contributed by atoms with Crippen molar-refractivity contribution in [1.29, 1.82) is 0 Å². The predicted octanol–water partition coefficient (Wildman–Crippen LogP) is -2.62. The first-order valence-electron chi connectivity index (χ1n) is 6.56. The van der Waals surface area contributed by atoms with Crippen molar-refractivity contribution in [2.24, 2.45) is 0 Å². The molecule has 140 valence electrons. The van der Waals surface area contributed by atoms with Gasteiger partial charge in [0.25, 0.3) is 0 Å². The van der Waals surface area contributed by atoms with Crippen molar-refractivity contribution in [3.8, 4) is 0 Å². The minimum Gasteiger partial charge on any atom is -0.479 e. The lowest BCUT2D eigenvalue weighted by Crippen LogP contribution is -2.55. The number of ether oxygens (including phenoxy) is 1. The molecule has 5 atom stereocenters. The molecule has 13 heteroatoms. The Morgan fingerprint density at radius 1 is 1.29 bits per heavy atom. The summed E-state index contributed by atoms with van der Waals surface area (Å²) in [5, 5.41) is 30.6. The Morgan fingerprint density at radius 3 is 2.21 bits per heavy atom. The Balaban J connectivity index is 5.25. The number of nitrogens with one attached hydrogen (secondary N) is 1. The molecule has 0 aliphatic heterocycles. The van der Waals surface area contributed by atoms with Gasteiger partial charge < -0.3 is 40.0 Å². The number of phosphoric ester groups is 1. The van der Waals surface area contributed by atoms with Crippen LogP contribution in [0.1, 0.15) is 13.8 Å². The SMILES string of the molecule is CC(=O)N[C@@H](C=O)[C@@H](O[C@H](C)C(=O)O)[C@H](O)[C@H](O)COP(=O)(O)O. The number of hydrogen-bond donors (Lipinski definition) is 6. The van der Waals surface area contributed by atoms with Crippen LogP contribution in [0.25, 0.3) is 0 Å². The number of amides is 1. The smallest absolute Gasteiger partial charge is 0.469 e. The largest absolute Gasteiger partial charge is 0.479 e. The molecule has 0 saturated carbocycles. The van der Waals surface area contributed by atoms with Crippen molar-refractivity contribution < 1.29 is 53.3 Å². The lowest BCUT2D eigenvalue weighted by Gasteiger charge is -2.31. The van der Waals surface area contributed by atoms with E-state index in [0.29, 0.717) is 0 Å². The Hall–Kier alpha value is -1.40. The molecule has 6 N–H and O–H groups in total. The van der Waals surface area contributed by atoms with Crippen LogP contribution in [0, 0.1) is 0 Å². The highest BCUT2D eigenvalue weighted by molar-refractivity contribution is 7.46. The van der Waals surface area contributed by atoms with E-state index in [2.05, 4.69) is 9.84 Å². The van der Waals surface area contributed by atoms with Gasteiger partial charge >= 0.3 is 13.8 Å². The van der Waals surface area contributed by atoms with Gasteiger partial charge in [0.15, 0.2) is 6.10 Å². The van der Waals surface area contributed by atoms with Crippen molar-refractivity contribution in [2.45, 2.75) is 44.3 Å². The molecule has 0 aromatic carbocycles. The molecule has 0 spiro atoms. The van der Waals surface area contributed by atoms with E-state index in [0.717, 1.165) is 13.8 Å². The van der Waals surface area contributed by atoms with Crippen LogP contribution in [-0.2, 0) is 28.2 Å². The maximum absolute atomic E-state index is 11.1. The third-order valence-electron chi connectivity index (χ3n) is 2.72. The monoisotopic (exact) mass is 373 g/mol. The Kier molecular flexibility index (Phi) is 9.22. The summed E-state index contributed by atoms with van der Waals surface area (Å²) in [5.74, 6) is -2.14. The molecule has 0 bridgehead atoms. The predicted molar refractivity (Wildman–Crippen MR) is 75.6 cm³/mol. The molecule has 0 rings (SSSR count). The van der Waals surface area contributed by atoms with Crippen LogP contribution >= 0.6 is 7.82 Å². The van der Waals surface area contributed by atoms with Crippen molar-refractivity contribution >= 4 is 26.0 Å². The van der Waals surface area contributed by atoms with Gasteiger partial charge in [0.1, 0.15) is 30.6 Å². The second kappa shape index (κ2) is 9.79. The number of carboxylic acid groups (broad SMARTS) is 1. The Bertz CT molecular complexity index is 492. The molecule has 24 heavy (non-hydrogen) atoms. The number of aliphatic carboxylic acids is 1. The van der Waals surface area contributed by atoms with Gasteiger partial charge in [0.2, 0.25) is 5.91 Å². The molecule has 0 heterocycles. The zero-order valence-corrected chi connectivity index (χ0v) is 13.7. The van der Waals surface area contributed by atoms with Crippen LogP contribution < -0.4 is 5.32 Å². The number of carboxylic acids is 1. The molecule has 0 fully saturated rings. The van der Waals surface area contributed by atoms with Gasteiger partial charge in [-0.05, 0) is 6.92 Å². The Morgan fingerprint density at radius 2 is 1.83 bits per heavy atom. The third-order valence-corrected chi connectivity index (χ3v) is 3.21. The zero-order chi connectivity index (χ0) is 19.1. The van der Waals surface area contributed by atoms with Crippen LogP contribution in [0.3, 0.4) is 0 Å². The van der Waals surface area contributed by atoms with Crippen molar-refractivity contribution in [2.75, 3.05) is 6.61 Å². The van der Waals surface area contributed by atoms with Gasteiger partial charge in [0.05, 0.1) is 6.61 Å². The number of aliphatic hydroxyl groups excluding tert-OH is 2. The third kappa shape index (κ3) is 8.45. The molecule has 0 saturated heterocycles. The summed E-state index contributed by atoms with van der Waals surface area (Å²) in [6.07, 6.45) is -7.02. The fraction of sp³-hybridized carbons (Fsp3) is 0.727. The summed E-state index contributed by atoms with van der Waals surface area (Å²) in [7, 11) is -4.93. The van der Waals surface area contributed by atoms with Gasteiger partial charge in [-0.25, -0.2) is 9.36 Å². The van der Waals surface area contributed by atoms with Crippen molar-refractivity contribution in [3.05, 3.63) is 0 Å². The standard InChI is InChI=1S/C11H20NO11P/c1-5(11(17)18)23-10(7(3-13)12-6(2)14)9(16)8(15)4-22-24(19,20)21/h3,5,7-10,15-16H,4H2,1-2H3,(H,12,14)(H,17,18)(H2,19,20,21)/t5-,7+,8-,9-,10-/m1/s1. The molecule has 12 nitrogen and oxygen atoms in total. The van der Waals surface area contributed by atoms with E-state index in [1.165, 1.54) is 0 Å². The van der Waals surface area contributed by atoms with Crippen LogP contribution in [-0.4, -0.2) is 80.3 Å². The van der Waals surface area contributed by atoms with Gasteiger partial charge in [0, 0.05) is 6.92 Å². The minimum absolute atomic E-state index is 0.153. The number of carbonyl (C=O) groups excluding carboxylic acids is 2. The van der Waals surface area contributed by atoms with Crippen molar-refractivity contribution in [3.63, 3.8) is 0 Å². The fourth-order valence-electron chi connectivity index (χ4n) is 1.59. The van der Waals surface area contributed by atoms with Crippen LogP contribution in [0.15, 0.2) is 0 Å². The van der Waals surface area contributed by atoms with E-state index in [9.17, 15) is 29.2 Å². The molecule has 0 aliphatic rings. The minimum atomic E-state index is -4.93. The molecular weight excluding hydrogens is 353 g/mol. The van der Waals surface area contributed by atoms with E-state index in [-0.39, 0.29) is 6.29 Å². The first kappa shape index (κ1) is 22.6. The molecule has 0 aromatic rings. The second-order valence-corrected chi connectivity index (χ2v) is 6.03. The normalized spacial score (nSPS) is 18.1. The van der Waals surface area contributed by atoms with Crippen LogP contribution in [0.5, 0.6) is 0 Å². The van der Waals surface area contributed by atoms with Gasteiger partial charge in [-0.3, -0.25) is 9.32 Å². The molecule has 0 unspecified atom stereocenters. The average molecular weight is 373 g/mol. The highest BCUT2D eigenvalue weighted by Gasteiger charge is 2.37. The summed E-state index contributed by atoms with van der Waals surface area (Å²) in [4.78, 5) is 50.1. The maximum Gasteiger partial charge on any atom is 0.469 e. The van der Waals surface area contributed by atoms with Crippen LogP contribution in [0.4, 0.5) is 0 Å². The first-order chi connectivity index (χ1) is 10.9. The van der Waals surface area contributed by atoms with Crippen LogP contribution in [0.2, 0.25) is 0 Å². The van der Waals surface area contributed by atoms with Gasteiger partial charge in [-0.1, -0.05) is 0 Å². The fourth-order valence-corrected chi connectivity index (χ4v) is 1.94. The molecule has 1 amide bonds. The molecular formula is C11H20NO11P. The van der Waals surface area contributed by atoms with E-state index < -0.39 is 56.8 Å². The quantitative estimate of drug-likeness (QED) is 0.164. The highest BCUT2D eigenvalue weighted by atomic mass is 31.2. The number of hydrogen-bond acceptors (Lipinski definition) is 8. The second-order valence-electron chi connectivity index (χ2n) is 4.79. The topological polar surface area (TPSA) is 200 Å². The van der Waals surface area contributed by atoms with Gasteiger partial charge in [-0.2, -0.15) is 0 Å². The van der Waals surface area contributed by atoms with Gasteiger partial charge in [-0.15, -0.1) is 0 Å². The summed E-state index contributed by atoms with van der Waals surface area (Å²) in [6, 6.07) is -1.52. The van der Waals surface area contributed by atoms with E-state index in [1.807, 2.05) is 0 Å². The summed E-state index contributed by atoms with van der Waals surface area (Å²) in [5.41, 5.74) is 0. The lowest BCUT2D eigenvalue weighted by molar-refractivity contribution is -0.168. The number of phosphoric acid groups is 1. The van der Waals surface area contributed by atoms with E-state index in [4.69, 9.17) is 19.6 Å². The maximum atomic E-state index is 11.1. The first-order valence-corrected chi connectivity index (χ1v) is 8.09. The molecule has 0 radical (unpaired) electrons. The summed E-state index contributed by atoms with van der Waals surface area (Å²) < 4.78 is 19.6. The van der Waals surface area contributed by atoms with Crippen molar-refractivity contribution in [1.82, 2.24) is 5.32 Å². The Labute approximate surface area is 136 Å².